The van der Waals surface area contributed by atoms with Gasteiger partial charge in [0.15, 0.2) is 11.5 Å². The Balaban J connectivity index is 0.00000243. The molecule has 0 saturated carbocycles. The molecule has 26 heavy (non-hydrogen) atoms. The van der Waals surface area contributed by atoms with Crippen LogP contribution >= 0.6 is 12.4 Å². The van der Waals surface area contributed by atoms with E-state index in [-0.39, 0.29) is 18.3 Å². The van der Waals surface area contributed by atoms with Gasteiger partial charge in [-0.05, 0) is 62.2 Å². The number of ether oxygens (including phenoxy) is 2. The molecule has 0 radical (unpaired) electrons. The van der Waals surface area contributed by atoms with Crippen molar-refractivity contribution in [3.63, 3.8) is 0 Å². The number of para-hydroxylation sites is 2. The largest absolute Gasteiger partial charge is 0.493 e. The van der Waals surface area contributed by atoms with Crippen molar-refractivity contribution >= 4 is 24.0 Å². The number of halogens is 1. The molecule has 140 valence electrons. The summed E-state index contributed by atoms with van der Waals surface area (Å²) >= 11 is 0. The van der Waals surface area contributed by atoms with Crippen LogP contribution in [0.5, 0.6) is 17.2 Å². The van der Waals surface area contributed by atoms with E-state index in [2.05, 4.69) is 10.6 Å². The second-order valence-corrected chi connectivity index (χ2v) is 6.16. The SMILES string of the molecule is COc1ccccc1Oc1ccc(NC(=O)CCC2CCCN2)cc1.Cl. The lowest BCUT2D eigenvalue weighted by molar-refractivity contribution is -0.116. The number of carbonyl (C=O) groups excluding carboxylic acids is 1. The van der Waals surface area contributed by atoms with E-state index < -0.39 is 0 Å². The number of rotatable bonds is 7. The van der Waals surface area contributed by atoms with Crippen molar-refractivity contribution in [3.05, 3.63) is 48.5 Å². The van der Waals surface area contributed by atoms with Gasteiger partial charge in [-0.1, -0.05) is 12.1 Å². The van der Waals surface area contributed by atoms with Gasteiger partial charge >= 0.3 is 0 Å². The minimum Gasteiger partial charge on any atom is -0.493 e. The minimum absolute atomic E-state index is 0. The van der Waals surface area contributed by atoms with Gasteiger partial charge in [-0.25, -0.2) is 0 Å². The molecule has 1 fully saturated rings. The molecule has 0 spiro atoms. The molecular formula is C20H25ClN2O3. The lowest BCUT2D eigenvalue weighted by Crippen LogP contribution is -2.23. The average molecular weight is 377 g/mol. The van der Waals surface area contributed by atoms with Crippen molar-refractivity contribution in [2.45, 2.75) is 31.7 Å². The molecule has 1 saturated heterocycles. The van der Waals surface area contributed by atoms with Crippen LogP contribution in [0.4, 0.5) is 5.69 Å². The fourth-order valence-corrected chi connectivity index (χ4v) is 2.97. The summed E-state index contributed by atoms with van der Waals surface area (Å²) in [6, 6.07) is 15.3. The Labute approximate surface area is 160 Å². The zero-order chi connectivity index (χ0) is 17.5. The molecule has 2 aromatic rings. The topological polar surface area (TPSA) is 59.6 Å². The van der Waals surface area contributed by atoms with E-state index in [0.29, 0.717) is 29.7 Å². The van der Waals surface area contributed by atoms with Gasteiger partial charge in [-0.3, -0.25) is 4.79 Å². The first-order valence-corrected chi connectivity index (χ1v) is 8.69. The van der Waals surface area contributed by atoms with E-state index >= 15 is 0 Å². The number of nitrogens with one attached hydrogen (secondary N) is 2. The Morgan fingerprint density at radius 1 is 1.15 bits per heavy atom. The van der Waals surface area contributed by atoms with E-state index in [4.69, 9.17) is 9.47 Å². The first kappa shape index (κ1) is 20.1. The Bertz CT molecular complexity index is 700. The summed E-state index contributed by atoms with van der Waals surface area (Å²) in [6.07, 6.45) is 3.81. The summed E-state index contributed by atoms with van der Waals surface area (Å²) in [6.45, 7) is 1.07. The van der Waals surface area contributed by atoms with Crippen LogP contribution in [0.25, 0.3) is 0 Å². The van der Waals surface area contributed by atoms with Crippen molar-refractivity contribution < 1.29 is 14.3 Å². The van der Waals surface area contributed by atoms with Crippen LogP contribution in [0, 0.1) is 0 Å². The molecule has 0 aromatic heterocycles. The molecule has 1 unspecified atom stereocenters. The van der Waals surface area contributed by atoms with Crippen molar-refractivity contribution in [3.8, 4) is 17.2 Å². The monoisotopic (exact) mass is 376 g/mol. The van der Waals surface area contributed by atoms with Crippen LogP contribution < -0.4 is 20.1 Å². The summed E-state index contributed by atoms with van der Waals surface area (Å²) in [5.41, 5.74) is 0.775. The van der Waals surface area contributed by atoms with Gasteiger partial charge < -0.3 is 20.1 Å². The highest BCUT2D eigenvalue weighted by atomic mass is 35.5. The van der Waals surface area contributed by atoms with E-state index in [0.717, 1.165) is 18.7 Å². The third-order valence-corrected chi connectivity index (χ3v) is 4.32. The van der Waals surface area contributed by atoms with Crippen LogP contribution in [0.1, 0.15) is 25.7 Å². The minimum atomic E-state index is 0. The summed E-state index contributed by atoms with van der Waals surface area (Å²) < 4.78 is 11.1. The van der Waals surface area contributed by atoms with Gasteiger partial charge in [0, 0.05) is 18.2 Å². The second kappa shape index (κ2) is 10.0. The highest BCUT2D eigenvalue weighted by Crippen LogP contribution is 2.31. The quantitative estimate of drug-likeness (QED) is 0.752. The number of hydrogen-bond donors (Lipinski definition) is 2. The van der Waals surface area contributed by atoms with Crippen LogP contribution in [0.2, 0.25) is 0 Å². The van der Waals surface area contributed by atoms with E-state index in [1.54, 1.807) is 7.11 Å². The molecule has 5 nitrogen and oxygen atoms in total. The predicted molar refractivity (Wildman–Crippen MR) is 106 cm³/mol. The lowest BCUT2D eigenvalue weighted by atomic mass is 10.1. The van der Waals surface area contributed by atoms with Crippen LogP contribution in [0.3, 0.4) is 0 Å². The summed E-state index contributed by atoms with van der Waals surface area (Å²) in [7, 11) is 1.61. The second-order valence-electron chi connectivity index (χ2n) is 6.16. The molecular weight excluding hydrogens is 352 g/mol. The lowest BCUT2D eigenvalue weighted by Gasteiger charge is -2.12. The zero-order valence-corrected chi connectivity index (χ0v) is 15.7. The van der Waals surface area contributed by atoms with Crippen molar-refractivity contribution in [1.82, 2.24) is 5.32 Å². The molecule has 0 bridgehead atoms. The van der Waals surface area contributed by atoms with Gasteiger partial charge in [-0.15, -0.1) is 12.4 Å². The Morgan fingerprint density at radius 3 is 2.54 bits per heavy atom. The highest BCUT2D eigenvalue weighted by molar-refractivity contribution is 5.90. The smallest absolute Gasteiger partial charge is 0.224 e. The van der Waals surface area contributed by atoms with E-state index in [1.807, 2.05) is 48.5 Å². The molecule has 1 aliphatic heterocycles. The molecule has 2 N–H and O–H groups in total. The van der Waals surface area contributed by atoms with Crippen LogP contribution in [-0.2, 0) is 4.79 Å². The molecule has 1 amide bonds. The number of hydrogen-bond acceptors (Lipinski definition) is 4. The summed E-state index contributed by atoms with van der Waals surface area (Å²) in [5.74, 6) is 2.08. The van der Waals surface area contributed by atoms with Gasteiger partial charge in [0.1, 0.15) is 5.75 Å². The summed E-state index contributed by atoms with van der Waals surface area (Å²) in [4.78, 5) is 12.0. The fraction of sp³-hybridized carbons (Fsp3) is 0.350. The molecule has 0 aliphatic carbocycles. The number of methoxy groups -OCH3 is 1. The van der Waals surface area contributed by atoms with Crippen LogP contribution in [0.15, 0.2) is 48.5 Å². The molecule has 3 rings (SSSR count). The molecule has 2 aromatic carbocycles. The zero-order valence-electron chi connectivity index (χ0n) is 14.9. The third kappa shape index (κ3) is 5.64. The number of anilines is 1. The van der Waals surface area contributed by atoms with E-state index in [1.165, 1.54) is 12.8 Å². The van der Waals surface area contributed by atoms with Gasteiger partial charge in [0.25, 0.3) is 0 Å². The van der Waals surface area contributed by atoms with Crippen molar-refractivity contribution in [1.29, 1.82) is 0 Å². The number of amides is 1. The Morgan fingerprint density at radius 2 is 1.88 bits per heavy atom. The third-order valence-electron chi connectivity index (χ3n) is 4.32. The van der Waals surface area contributed by atoms with Gasteiger partial charge in [-0.2, -0.15) is 0 Å². The normalized spacial score (nSPS) is 15.8. The summed E-state index contributed by atoms with van der Waals surface area (Å²) in [5, 5.41) is 6.34. The van der Waals surface area contributed by atoms with Crippen molar-refractivity contribution in [2.75, 3.05) is 19.0 Å². The van der Waals surface area contributed by atoms with E-state index in [9.17, 15) is 4.79 Å². The maximum absolute atomic E-state index is 12.0. The van der Waals surface area contributed by atoms with Gasteiger partial charge in [0.05, 0.1) is 7.11 Å². The average Bonchev–Trinajstić information content (AvgIpc) is 3.16. The number of benzene rings is 2. The first-order valence-electron chi connectivity index (χ1n) is 8.69. The van der Waals surface area contributed by atoms with Crippen LogP contribution in [-0.4, -0.2) is 25.6 Å². The van der Waals surface area contributed by atoms with Gasteiger partial charge in [0.2, 0.25) is 5.91 Å². The van der Waals surface area contributed by atoms with Crippen molar-refractivity contribution in [2.24, 2.45) is 0 Å². The maximum Gasteiger partial charge on any atom is 0.224 e. The number of carbonyl (C=O) groups is 1. The first-order chi connectivity index (χ1) is 12.2. The molecule has 1 aliphatic rings. The fourth-order valence-electron chi connectivity index (χ4n) is 2.97. The highest BCUT2D eigenvalue weighted by Gasteiger charge is 2.15. The molecule has 1 heterocycles. The Kier molecular flexibility index (Phi) is 7.75. The predicted octanol–water partition coefficient (Wildman–Crippen LogP) is 4.38. The maximum atomic E-state index is 12.0. The standard InChI is InChI=1S/C20H24N2O3.ClH/c1-24-18-6-2-3-7-19(18)25-17-11-8-16(9-12-17)22-20(23)13-10-15-5-4-14-21-15;/h2-3,6-9,11-12,15,21H,4-5,10,13-14H2,1H3,(H,22,23);1H. The Hall–Kier alpha value is -2.24. The molecule has 1 atom stereocenters. The molecule has 6 heteroatoms.